The minimum atomic E-state index is -0.162. The molecule has 0 saturated heterocycles. The van der Waals surface area contributed by atoms with Crippen LogP contribution in [0.3, 0.4) is 0 Å². The minimum Gasteiger partial charge on any atom is -0.493 e. The third kappa shape index (κ3) is 2.71. The van der Waals surface area contributed by atoms with Crippen LogP contribution in [0.2, 0.25) is 0 Å². The van der Waals surface area contributed by atoms with E-state index < -0.39 is 0 Å². The van der Waals surface area contributed by atoms with Crippen molar-refractivity contribution < 1.29 is 4.74 Å². The number of benzene rings is 1. The molecule has 0 radical (unpaired) electrons. The Bertz CT molecular complexity index is 510. The normalized spacial score (nSPS) is 12.4. The van der Waals surface area contributed by atoms with Gasteiger partial charge < -0.3 is 10.5 Å². The second-order valence-corrected chi connectivity index (χ2v) is 5.05. The summed E-state index contributed by atoms with van der Waals surface area (Å²) in [6.07, 6.45) is 0.989. The zero-order valence-electron chi connectivity index (χ0n) is 10.7. The van der Waals surface area contributed by atoms with Crippen LogP contribution >= 0.6 is 11.3 Å². The summed E-state index contributed by atoms with van der Waals surface area (Å²) in [5, 5.41) is 0. The van der Waals surface area contributed by atoms with Crippen LogP contribution < -0.4 is 10.5 Å². The maximum atomic E-state index is 6.32. The molecule has 4 heteroatoms. The molecule has 1 aromatic heterocycles. The van der Waals surface area contributed by atoms with Crippen molar-refractivity contribution in [3.05, 3.63) is 45.9 Å². The van der Waals surface area contributed by atoms with Crippen LogP contribution in [0.1, 0.15) is 35.5 Å². The Morgan fingerprint density at radius 1 is 1.39 bits per heavy atom. The Labute approximate surface area is 112 Å². The molecule has 3 nitrogen and oxygen atoms in total. The molecule has 0 aliphatic rings. The van der Waals surface area contributed by atoms with Crippen molar-refractivity contribution in [2.75, 3.05) is 6.61 Å². The number of aromatic nitrogens is 1. The van der Waals surface area contributed by atoms with E-state index in [1.807, 2.05) is 36.7 Å². The highest BCUT2D eigenvalue weighted by Crippen LogP contribution is 2.31. The van der Waals surface area contributed by atoms with E-state index in [4.69, 9.17) is 10.5 Å². The molecule has 1 heterocycles. The third-order valence-electron chi connectivity index (χ3n) is 2.78. The van der Waals surface area contributed by atoms with Gasteiger partial charge in [0.25, 0.3) is 0 Å². The molecule has 1 unspecified atom stereocenters. The Morgan fingerprint density at radius 2 is 2.17 bits per heavy atom. The first-order valence-electron chi connectivity index (χ1n) is 6.11. The number of thiazole rings is 1. The SMILES string of the molecule is CCCOc1ccccc1C(N)c1scnc1C. The lowest BCUT2D eigenvalue weighted by atomic mass is 10.0. The van der Waals surface area contributed by atoms with Gasteiger partial charge in [0, 0.05) is 10.4 Å². The molecule has 0 saturated carbocycles. The first kappa shape index (κ1) is 13.1. The molecule has 2 rings (SSSR count). The van der Waals surface area contributed by atoms with Crippen LogP contribution in [0.5, 0.6) is 5.75 Å². The topological polar surface area (TPSA) is 48.1 Å². The summed E-state index contributed by atoms with van der Waals surface area (Å²) in [6.45, 7) is 4.79. The molecule has 0 aliphatic heterocycles. The first-order valence-corrected chi connectivity index (χ1v) is 6.99. The second-order valence-electron chi connectivity index (χ2n) is 4.17. The minimum absolute atomic E-state index is 0.162. The van der Waals surface area contributed by atoms with Crippen molar-refractivity contribution in [1.82, 2.24) is 4.98 Å². The molecular formula is C14H18N2OS. The number of aryl methyl sites for hydroxylation is 1. The number of ether oxygens (including phenoxy) is 1. The number of hydrogen-bond donors (Lipinski definition) is 1. The molecule has 96 valence electrons. The standard InChI is InChI=1S/C14H18N2OS/c1-3-8-17-12-7-5-4-6-11(12)13(15)14-10(2)16-9-18-14/h4-7,9,13H,3,8,15H2,1-2H3. The molecule has 0 bridgehead atoms. The van der Waals surface area contributed by atoms with E-state index in [9.17, 15) is 0 Å². The lowest BCUT2D eigenvalue weighted by Gasteiger charge is -2.16. The smallest absolute Gasteiger partial charge is 0.124 e. The fourth-order valence-corrected chi connectivity index (χ4v) is 2.65. The van der Waals surface area contributed by atoms with Gasteiger partial charge in [0.05, 0.1) is 23.9 Å². The molecule has 0 amide bonds. The first-order chi connectivity index (χ1) is 8.74. The lowest BCUT2D eigenvalue weighted by molar-refractivity contribution is 0.313. The summed E-state index contributed by atoms with van der Waals surface area (Å²) in [6, 6.07) is 7.80. The van der Waals surface area contributed by atoms with Gasteiger partial charge in [0.15, 0.2) is 0 Å². The molecule has 2 N–H and O–H groups in total. The van der Waals surface area contributed by atoms with Gasteiger partial charge in [-0.1, -0.05) is 25.1 Å². The molecule has 1 atom stereocenters. The van der Waals surface area contributed by atoms with E-state index >= 15 is 0 Å². The highest BCUT2D eigenvalue weighted by Gasteiger charge is 2.17. The van der Waals surface area contributed by atoms with Crippen molar-refractivity contribution in [2.45, 2.75) is 26.3 Å². The van der Waals surface area contributed by atoms with Gasteiger partial charge in [0.2, 0.25) is 0 Å². The monoisotopic (exact) mass is 262 g/mol. The molecule has 0 fully saturated rings. The van der Waals surface area contributed by atoms with E-state index in [0.29, 0.717) is 6.61 Å². The van der Waals surface area contributed by atoms with Gasteiger partial charge in [-0.25, -0.2) is 4.98 Å². The van der Waals surface area contributed by atoms with Crippen LogP contribution in [-0.2, 0) is 0 Å². The zero-order valence-corrected chi connectivity index (χ0v) is 11.5. The van der Waals surface area contributed by atoms with Gasteiger partial charge in [-0.2, -0.15) is 0 Å². The van der Waals surface area contributed by atoms with E-state index in [1.54, 1.807) is 11.3 Å². The maximum Gasteiger partial charge on any atom is 0.124 e. The molecule has 2 aromatic rings. The summed E-state index contributed by atoms with van der Waals surface area (Å²) in [7, 11) is 0. The van der Waals surface area contributed by atoms with Crippen molar-refractivity contribution in [3.63, 3.8) is 0 Å². The Kier molecular flexibility index (Phi) is 4.33. The van der Waals surface area contributed by atoms with Crippen molar-refractivity contribution in [3.8, 4) is 5.75 Å². The predicted molar refractivity (Wildman–Crippen MR) is 75.1 cm³/mol. The van der Waals surface area contributed by atoms with Crippen LogP contribution in [0.15, 0.2) is 29.8 Å². The van der Waals surface area contributed by atoms with Crippen molar-refractivity contribution in [2.24, 2.45) is 5.73 Å². The molecule has 1 aromatic carbocycles. The second kappa shape index (κ2) is 5.98. The van der Waals surface area contributed by atoms with Gasteiger partial charge in [-0.3, -0.25) is 0 Å². The highest BCUT2D eigenvalue weighted by atomic mass is 32.1. The zero-order chi connectivity index (χ0) is 13.0. The van der Waals surface area contributed by atoms with E-state index in [2.05, 4.69) is 11.9 Å². The van der Waals surface area contributed by atoms with Crippen molar-refractivity contribution >= 4 is 11.3 Å². The van der Waals surface area contributed by atoms with Gasteiger partial charge in [-0.15, -0.1) is 11.3 Å². The number of hydrogen-bond acceptors (Lipinski definition) is 4. The van der Waals surface area contributed by atoms with Crippen LogP contribution in [0.4, 0.5) is 0 Å². The highest BCUT2D eigenvalue weighted by molar-refractivity contribution is 7.09. The van der Waals surface area contributed by atoms with E-state index in [-0.39, 0.29) is 6.04 Å². The number of rotatable bonds is 5. The van der Waals surface area contributed by atoms with Gasteiger partial charge in [-0.05, 0) is 19.4 Å². The Morgan fingerprint density at radius 3 is 2.83 bits per heavy atom. The fourth-order valence-electron chi connectivity index (χ4n) is 1.83. The number of nitrogens with two attached hydrogens (primary N) is 1. The summed E-state index contributed by atoms with van der Waals surface area (Å²) >= 11 is 1.59. The number of para-hydroxylation sites is 1. The summed E-state index contributed by atoms with van der Waals surface area (Å²) in [5.74, 6) is 0.875. The largest absolute Gasteiger partial charge is 0.493 e. The molecule has 0 aliphatic carbocycles. The number of nitrogens with zero attached hydrogens (tertiary/aromatic N) is 1. The van der Waals surface area contributed by atoms with Gasteiger partial charge in [0.1, 0.15) is 5.75 Å². The summed E-state index contributed by atoms with van der Waals surface area (Å²) in [4.78, 5) is 5.35. The lowest BCUT2D eigenvalue weighted by Crippen LogP contribution is -2.13. The summed E-state index contributed by atoms with van der Waals surface area (Å²) in [5.41, 5.74) is 10.2. The molecular weight excluding hydrogens is 244 g/mol. The van der Waals surface area contributed by atoms with Crippen molar-refractivity contribution in [1.29, 1.82) is 0 Å². The van der Waals surface area contributed by atoms with E-state index in [0.717, 1.165) is 28.3 Å². The van der Waals surface area contributed by atoms with Crippen LogP contribution in [0.25, 0.3) is 0 Å². The van der Waals surface area contributed by atoms with Crippen LogP contribution in [0, 0.1) is 6.92 Å². The average Bonchev–Trinajstić information content (AvgIpc) is 2.82. The molecule has 0 spiro atoms. The summed E-state index contributed by atoms with van der Waals surface area (Å²) < 4.78 is 5.75. The van der Waals surface area contributed by atoms with Crippen LogP contribution in [-0.4, -0.2) is 11.6 Å². The predicted octanol–water partition coefficient (Wildman–Crippen LogP) is 3.29. The average molecular weight is 262 g/mol. The Hall–Kier alpha value is -1.39. The quantitative estimate of drug-likeness (QED) is 0.899. The van der Waals surface area contributed by atoms with E-state index in [1.165, 1.54) is 0 Å². The molecule has 18 heavy (non-hydrogen) atoms. The third-order valence-corrected chi connectivity index (χ3v) is 3.79. The fraction of sp³-hybridized carbons (Fsp3) is 0.357. The van der Waals surface area contributed by atoms with Gasteiger partial charge >= 0.3 is 0 Å². The Balaban J connectivity index is 2.30. The maximum absolute atomic E-state index is 6.32.